The van der Waals surface area contributed by atoms with Crippen molar-refractivity contribution >= 4 is 40.1 Å². The number of rotatable bonds is 6. The van der Waals surface area contributed by atoms with Crippen molar-refractivity contribution in [3.63, 3.8) is 0 Å². The van der Waals surface area contributed by atoms with E-state index < -0.39 is 5.25 Å². The van der Waals surface area contributed by atoms with Crippen LogP contribution >= 0.6 is 11.8 Å². The van der Waals surface area contributed by atoms with Gasteiger partial charge in [0, 0.05) is 18.2 Å². The summed E-state index contributed by atoms with van der Waals surface area (Å²) in [5.74, 6) is 0.596. The third-order valence-corrected chi connectivity index (χ3v) is 5.16. The lowest BCUT2D eigenvalue weighted by Crippen LogP contribution is -2.28. The fraction of sp³-hybridized carbons (Fsp3) is 0.250. The van der Waals surface area contributed by atoms with Crippen LogP contribution in [0.4, 0.5) is 11.4 Å². The zero-order valence-electron chi connectivity index (χ0n) is 15.8. The molecule has 2 aromatic carbocycles. The van der Waals surface area contributed by atoms with Gasteiger partial charge in [-0.05, 0) is 31.2 Å². The molecule has 1 fully saturated rings. The maximum absolute atomic E-state index is 12.4. The molecule has 0 saturated carbocycles. The van der Waals surface area contributed by atoms with E-state index in [1.165, 1.54) is 18.9 Å². The maximum Gasteiger partial charge on any atom is 0.240 e. The van der Waals surface area contributed by atoms with Crippen molar-refractivity contribution in [1.29, 1.82) is 0 Å². The Bertz CT molecular complexity index is 912. The van der Waals surface area contributed by atoms with Gasteiger partial charge in [0.05, 0.1) is 19.9 Å². The van der Waals surface area contributed by atoms with Crippen LogP contribution < -0.4 is 20.1 Å². The van der Waals surface area contributed by atoms with Crippen LogP contribution in [0.1, 0.15) is 12.0 Å². The highest BCUT2D eigenvalue weighted by Crippen LogP contribution is 2.30. The van der Waals surface area contributed by atoms with Crippen LogP contribution in [-0.2, 0) is 9.59 Å². The van der Waals surface area contributed by atoms with Gasteiger partial charge in [-0.25, -0.2) is 4.99 Å². The second-order valence-electron chi connectivity index (χ2n) is 6.17. The SMILES string of the molecule is COc1ccc(NC(=O)CC2SC(=Nc3ccc(C)cc3)NC2=O)cc1OC. The Morgan fingerprint density at radius 1 is 1.14 bits per heavy atom. The number of amides is 2. The van der Waals surface area contributed by atoms with Crippen LogP contribution in [0.3, 0.4) is 0 Å². The lowest BCUT2D eigenvalue weighted by atomic mass is 10.2. The van der Waals surface area contributed by atoms with Crippen LogP contribution in [0.2, 0.25) is 0 Å². The van der Waals surface area contributed by atoms with Gasteiger partial charge < -0.3 is 20.1 Å². The minimum atomic E-state index is -0.524. The summed E-state index contributed by atoms with van der Waals surface area (Å²) in [4.78, 5) is 28.9. The number of carbonyl (C=O) groups excluding carboxylic acids is 2. The minimum Gasteiger partial charge on any atom is -0.493 e. The normalized spacial score (nSPS) is 17.3. The molecule has 2 amide bonds. The summed E-state index contributed by atoms with van der Waals surface area (Å²) in [6.07, 6.45) is 0.0394. The number of aryl methyl sites for hydroxylation is 1. The second-order valence-corrected chi connectivity index (χ2v) is 7.36. The van der Waals surface area contributed by atoms with Crippen molar-refractivity contribution in [3.8, 4) is 11.5 Å². The molecule has 1 heterocycles. The predicted octanol–water partition coefficient (Wildman–Crippen LogP) is 3.26. The Kier molecular flexibility index (Phi) is 6.20. The van der Waals surface area contributed by atoms with E-state index in [1.807, 2.05) is 31.2 Å². The van der Waals surface area contributed by atoms with E-state index in [9.17, 15) is 9.59 Å². The Balaban J connectivity index is 1.61. The number of anilines is 1. The number of nitrogens with one attached hydrogen (secondary N) is 2. The highest BCUT2D eigenvalue weighted by molar-refractivity contribution is 8.15. The number of nitrogens with zero attached hydrogens (tertiary/aromatic N) is 1. The Morgan fingerprint density at radius 2 is 1.86 bits per heavy atom. The standard InChI is InChI=1S/C20H21N3O4S/c1-12-4-6-13(7-5-12)22-20-23-19(25)17(28-20)11-18(24)21-14-8-9-15(26-2)16(10-14)27-3/h4-10,17H,11H2,1-3H3,(H,21,24)(H,22,23,25). The Hall–Kier alpha value is -3.00. The topological polar surface area (TPSA) is 89.0 Å². The lowest BCUT2D eigenvalue weighted by molar-refractivity contribution is -0.122. The van der Waals surface area contributed by atoms with E-state index >= 15 is 0 Å². The lowest BCUT2D eigenvalue weighted by Gasteiger charge is -2.11. The number of carbonyl (C=O) groups is 2. The van der Waals surface area contributed by atoms with Crippen molar-refractivity contribution in [2.24, 2.45) is 4.99 Å². The Morgan fingerprint density at radius 3 is 2.54 bits per heavy atom. The molecule has 0 bridgehead atoms. The van der Waals surface area contributed by atoms with Gasteiger partial charge in [0.1, 0.15) is 5.25 Å². The van der Waals surface area contributed by atoms with Gasteiger partial charge in [-0.15, -0.1) is 0 Å². The quantitative estimate of drug-likeness (QED) is 0.778. The molecule has 1 atom stereocenters. The average molecular weight is 399 g/mol. The van der Waals surface area contributed by atoms with Crippen molar-refractivity contribution in [2.45, 2.75) is 18.6 Å². The molecule has 1 aliphatic heterocycles. The second kappa shape index (κ2) is 8.79. The molecule has 1 aliphatic rings. The van der Waals surface area contributed by atoms with Crippen LogP contribution in [-0.4, -0.2) is 36.5 Å². The molecule has 0 aromatic heterocycles. The molecule has 3 rings (SSSR count). The van der Waals surface area contributed by atoms with Crippen molar-refractivity contribution in [2.75, 3.05) is 19.5 Å². The van der Waals surface area contributed by atoms with Crippen LogP contribution in [0.5, 0.6) is 11.5 Å². The number of thioether (sulfide) groups is 1. The Labute approximate surface area is 167 Å². The molecule has 0 spiro atoms. The monoisotopic (exact) mass is 399 g/mol. The average Bonchev–Trinajstić information content (AvgIpc) is 3.02. The van der Waals surface area contributed by atoms with Gasteiger partial charge in [-0.2, -0.15) is 0 Å². The van der Waals surface area contributed by atoms with Crippen molar-refractivity contribution < 1.29 is 19.1 Å². The van der Waals surface area contributed by atoms with Crippen LogP contribution in [0.25, 0.3) is 0 Å². The highest BCUT2D eigenvalue weighted by Gasteiger charge is 2.32. The van der Waals surface area contributed by atoms with Gasteiger partial charge in [-0.3, -0.25) is 9.59 Å². The van der Waals surface area contributed by atoms with E-state index in [4.69, 9.17) is 9.47 Å². The van der Waals surface area contributed by atoms with Gasteiger partial charge in [0.2, 0.25) is 11.8 Å². The molecule has 7 nitrogen and oxygen atoms in total. The molecule has 1 saturated heterocycles. The smallest absolute Gasteiger partial charge is 0.240 e. The van der Waals surface area contributed by atoms with Gasteiger partial charge in [0.15, 0.2) is 16.7 Å². The molecular weight excluding hydrogens is 378 g/mol. The van der Waals surface area contributed by atoms with Gasteiger partial charge in [-0.1, -0.05) is 29.5 Å². The first-order valence-corrected chi connectivity index (χ1v) is 9.51. The third-order valence-electron chi connectivity index (χ3n) is 4.08. The zero-order valence-corrected chi connectivity index (χ0v) is 16.6. The summed E-state index contributed by atoms with van der Waals surface area (Å²) in [5.41, 5.74) is 2.46. The largest absolute Gasteiger partial charge is 0.493 e. The van der Waals surface area contributed by atoms with E-state index in [0.717, 1.165) is 11.3 Å². The maximum atomic E-state index is 12.4. The molecule has 2 aromatic rings. The number of ether oxygens (including phenoxy) is 2. The highest BCUT2D eigenvalue weighted by atomic mass is 32.2. The van der Waals surface area contributed by atoms with Crippen LogP contribution in [0.15, 0.2) is 47.5 Å². The first-order chi connectivity index (χ1) is 13.5. The fourth-order valence-corrected chi connectivity index (χ4v) is 3.61. The number of hydrogen-bond donors (Lipinski definition) is 2. The summed E-state index contributed by atoms with van der Waals surface area (Å²) in [6.45, 7) is 2.00. The van der Waals surface area contributed by atoms with Gasteiger partial charge in [0.25, 0.3) is 0 Å². The van der Waals surface area contributed by atoms with Crippen molar-refractivity contribution in [3.05, 3.63) is 48.0 Å². The summed E-state index contributed by atoms with van der Waals surface area (Å²) in [6, 6.07) is 12.8. The number of methoxy groups -OCH3 is 2. The van der Waals surface area contributed by atoms with E-state index in [1.54, 1.807) is 25.3 Å². The molecule has 8 heteroatoms. The number of amidine groups is 1. The number of hydrogen-bond acceptors (Lipinski definition) is 6. The summed E-state index contributed by atoms with van der Waals surface area (Å²) in [5, 5.41) is 5.48. The van der Waals surface area contributed by atoms with Crippen molar-refractivity contribution in [1.82, 2.24) is 5.32 Å². The number of aliphatic imine (C=N–C) groups is 1. The zero-order chi connectivity index (χ0) is 20.1. The first-order valence-electron chi connectivity index (χ1n) is 8.63. The molecule has 28 heavy (non-hydrogen) atoms. The molecule has 1 unspecified atom stereocenters. The van der Waals surface area contributed by atoms with Crippen LogP contribution in [0, 0.1) is 6.92 Å². The summed E-state index contributed by atoms with van der Waals surface area (Å²) in [7, 11) is 3.07. The van der Waals surface area contributed by atoms with Gasteiger partial charge >= 0.3 is 0 Å². The molecule has 0 aliphatic carbocycles. The van der Waals surface area contributed by atoms with E-state index in [2.05, 4.69) is 15.6 Å². The molecule has 2 N–H and O–H groups in total. The third kappa shape index (κ3) is 4.83. The van der Waals surface area contributed by atoms with E-state index in [0.29, 0.717) is 22.4 Å². The fourth-order valence-electron chi connectivity index (χ4n) is 2.62. The number of benzene rings is 2. The minimum absolute atomic E-state index is 0.0394. The summed E-state index contributed by atoms with van der Waals surface area (Å²) >= 11 is 1.25. The van der Waals surface area contributed by atoms with E-state index in [-0.39, 0.29) is 18.2 Å². The predicted molar refractivity (Wildman–Crippen MR) is 111 cm³/mol. The first kappa shape index (κ1) is 19.8. The summed E-state index contributed by atoms with van der Waals surface area (Å²) < 4.78 is 10.4. The molecular formula is C20H21N3O4S. The molecule has 146 valence electrons. The molecule has 0 radical (unpaired) electrons.